The van der Waals surface area contributed by atoms with Crippen molar-refractivity contribution in [2.75, 3.05) is 39.3 Å². The van der Waals surface area contributed by atoms with E-state index < -0.39 is 0 Å². The molecule has 3 aliphatic rings. The first-order chi connectivity index (χ1) is 12.8. The number of hydrogen-bond donors (Lipinski definition) is 1. The molecule has 142 valence electrons. The van der Waals surface area contributed by atoms with Gasteiger partial charge >= 0.3 is 0 Å². The van der Waals surface area contributed by atoms with E-state index in [0.29, 0.717) is 12.1 Å². The van der Waals surface area contributed by atoms with Crippen molar-refractivity contribution in [3.63, 3.8) is 0 Å². The van der Waals surface area contributed by atoms with Crippen LogP contribution in [0.25, 0.3) is 0 Å². The number of nitrogens with one attached hydrogen (secondary N) is 1. The fraction of sp³-hybridized carbons (Fsp3) is 0.667. The summed E-state index contributed by atoms with van der Waals surface area (Å²) in [5.41, 5.74) is 0.780. The second kappa shape index (κ2) is 8.40. The van der Waals surface area contributed by atoms with Gasteiger partial charge in [-0.2, -0.15) is 0 Å². The van der Waals surface area contributed by atoms with Gasteiger partial charge in [0, 0.05) is 50.9 Å². The molecule has 5 nitrogen and oxygen atoms in total. The average Bonchev–Trinajstić information content (AvgIpc) is 3.20. The monoisotopic (exact) mass is 357 g/mol. The highest BCUT2D eigenvalue weighted by atomic mass is 16.5. The van der Waals surface area contributed by atoms with Crippen molar-refractivity contribution < 1.29 is 9.53 Å². The van der Waals surface area contributed by atoms with Crippen LogP contribution in [0, 0.1) is 0 Å². The highest BCUT2D eigenvalue weighted by Crippen LogP contribution is 2.24. The number of rotatable bonds is 4. The molecule has 3 fully saturated rings. The van der Waals surface area contributed by atoms with Gasteiger partial charge in [-0.05, 0) is 56.4 Å². The summed E-state index contributed by atoms with van der Waals surface area (Å²) in [7, 11) is 0. The molecule has 4 rings (SSSR count). The van der Waals surface area contributed by atoms with Crippen molar-refractivity contribution in [2.24, 2.45) is 0 Å². The average molecular weight is 357 g/mol. The van der Waals surface area contributed by atoms with Crippen LogP contribution < -0.4 is 10.1 Å². The van der Waals surface area contributed by atoms with Gasteiger partial charge in [-0.25, -0.2) is 0 Å². The van der Waals surface area contributed by atoms with Crippen molar-refractivity contribution in [3.05, 3.63) is 29.8 Å². The molecule has 1 atom stereocenters. The van der Waals surface area contributed by atoms with Crippen LogP contribution in [0.3, 0.4) is 0 Å². The minimum Gasteiger partial charge on any atom is -0.490 e. The molecule has 1 amide bonds. The van der Waals surface area contributed by atoms with Crippen molar-refractivity contribution in [2.45, 2.75) is 50.7 Å². The third-order valence-corrected chi connectivity index (χ3v) is 6.07. The lowest BCUT2D eigenvalue weighted by atomic mass is 9.98. The zero-order valence-electron chi connectivity index (χ0n) is 15.7. The van der Waals surface area contributed by atoms with Gasteiger partial charge < -0.3 is 15.0 Å². The molecule has 1 unspecified atom stereocenters. The predicted molar refractivity (Wildman–Crippen MR) is 103 cm³/mol. The summed E-state index contributed by atoms with van der Waals surface area (Å²) in [6, 6.07) is 8.31. The summed E-state index contributed by atoms with van der Waals surface area (Å²) in [4.78, 5) is 17.4. The molecule has 2 heterocycles. The topological polar surface area (TPSA) is 44.8 Å². The Kier molecular flexibility index (Phi) is 5.75. The van der Waals surface area contributed by atoms with Gasteiger partial charge in [0.15, 0.2) is 0 Å². The number of nitrogens with zero attached hydrogens (tertiary/aromatic N) is 2. The van der Waals surface area contributed by atoms with Crippen molar-refractivity contribution >= 4 is 5.91 Å². The van der Waals surface area contributed by atoms with Crippen LogP contribution in [-0.2, 0) is 0 Å². The predicted octanol–water partition coefficient (Wildman–Crippen LogP) is 2.52. The summed E-state index contributed by atoms with van der Waals surface area (Å²) in [5, 5.41) is 3.40. The largest absolute Gasteiger partial charge is 0.490 e. The van der Waals surface area contributed by atoms with E-state index in [2.05, 4.69) is 10.2 Å². The Morgan fingerprint density at radius 2 is 1.69 bits per heavy atom. The summed E-state index contributed by atoms with van der Waals surface area (Å²) in [6.07, 6.45) is 7.62. The minimum atomic E-state index is 0.159. The number of carbonyl (C=O) groups excluding carboxylic acids is 1. The van der Waals surface area contributed by atoms with E-state index in [-0.39, 0.29) is 5.91 Å². The fourth-order valence-electron chi connectivity index (χ4n) is 4.51. The minimum absolute atomic E-state index is 0.159. The molecule has 1 saturated carbocycles. The summed E-state index contributed by atoms with van der Waals surface area (Å²) >= 11 is 0. The van der Waals surface area contributed by atoms with Crippen LogP contribution in [0.2, 0.25) is 0 Å². The fourth-order valence-corrected chi connectivity index (χ4v) is 4.51. The van der Waals surface area contributed by atoms with Gasteiger partial charge in [-0.1, -0.05) is 6.42 Å². The maximum Gasteiger partial charge on any atom is 0.253 e. The quantitative estimate of drug-likeness (QED) is 0.899. The molecule has 26 heavy (non-hydrogen) atoms. The molecule has 0 spiro atoms. The second-order valence-electron chi connectivity index (χ2n) is 7.88. The first kappa shape index (κ1) is 17.8. The van der Waals surface area contributed by atoms with Gasteiger partial charge in [0.2, 0.25) is 0 Å². The van der Waals surface area contributed by atoms with E-state index in [1.165, 1.54) is 19.3 Å². The summed E-state index contributed by atoms with van der Waals surface area (Å²) in [6.45, 7) is 6.05. The van der Waals surface area contributed by atoms with E-state index in [1.54, 1.807) is 0 Å². The highest BCUT2D eigenvalue weighted by Gasteiger charge is 2.31. The number of likely N-dealkylation sites (tertiary alicyclic amines) is 1. The number of benzene rings is 1. The van der Waals surface area contributed by atoms with Gasteiger partial charge in [-0.15, -0.1) is 0 Å². The van der Waals surface area contributed by atoms with Crippen molar-refractivity contribution in [3.8, 4) is 5.75 Å². The number of carbonyl (C=O) groups is 1. The Balaban J connectivity index is 1.31. The van der Waals surface area contributed by atoms with E-state index >= 15 is 0 Å². The first-order valence-corrected chi connectivity index (χ1v) is 10.3. The Hall–Kier alpha value is -1.59. The number of hydrogen-bond acceptors (Lipinski definition) is 4. The molecular weight excluding hydrogens is 326 g/mol. The van der Waals surface area contributed by atoms with Crippen molar-refractivity contribution in [1.29, 1.82) is 0 Å². The Labute approximate surface area is 156 Å². The van der Waals surface area contributed by atoms with Crippen LogP contribution >= 0.6 is 0 Å². The normalized spacial score (nSPS) is 25.4. The van der Waals surface area contributed by atoms with Crippen LogP contribution in [0.15, 0.2) is 24.3 Å². The van der Waals surface area contributed by atoms with Crippen LogP contribution in [-0.4, -0.2) is 67.1 Å². The smallest absolute Gasteiger partial charge is 0.253 e. The third kappa shape index (κ3) is 4.21. The maximum atomic E-state index is 12.8. The van der Waals surface area contributed by atoms with E-state index in [0.717, 1.165) is 69.8 Å². The molecule has 0 aromatic heterocycles. The molecular formula is C21H31N3O2. The van der Waals surface area contributed by atoms with Gasteiger partial charge in [0.1, 0.15) is 5.75 Å². The molecule has 1 aromatic carbocycles. The zero-order chi connectivity index (χ0) is 17.8. The lowest BCUT2D eigenvalue weighted by Gasteiger charge is -2.32. The molecule has 2 aliphatic heterocycles. The van der Waals surface area contributed by atoms with E-state index in [9.17, 15) is 4.79 Å². The molecule has 1 N–H and O–H groups in total. The molecule has 2 saturated heterocycles. The number of piperazine rings is 1. The van der Waals surface area contributed by atoms with Crippen LogP contribution in [0.4, 0.5) is 0 Å². The van der Waals surface area contributed by atoms with Crippen LogP contribution in [0.5, 0.6) is 5.75 Å². The second-order valence-corrected chi connectivity index (χ2v) is 7.88. The number of ether oxygens (including phenoxy) is 1. The number of amides is 1. The van der Waals surface area contributed by atoms with Crippen molar-refractivity contribution in [1.82, 2.24) is 15.1 Å². The standard InChI is InChI=1S/C21H31N3O2/c25-21(24-13-10-18(16-24)23-14-11-22-12-15-23)17-6-8-20(9-7-17)26-19-4-2-1-3-5-19/h6-9,18-19,22H,1-5,10-16H2. The summed E-state index contributed by atoms with van der Waals surface area (Å²) in [5.74, 6) is 1.06. The zero-order valence-corrected chi connectivity index (χ0v) is 15.7. The lowest BCUT2D eigenvalue weighted by Crippen LogP contribution is -2.49. The van der Waals surface area contributed by atoms with Gasteiger partial charge in [-0.3, -0.25) is 9.69 Å². The Bertz CT molecular complexity index is 592. The SMILES string of the molecule is O=C(c1ccc(OC2CCCCC2)cc1)N1CCC(N2CCNCC2)C1. The maximum absolute atomic E-state index is 12.8. The van der Waals surface area contributed by atoms with Crippen LogP contribution in [0.1, 0.15) is 48.9 Å². The highest BCUT2D eigenvalue weighted by molar-refractivity contribution is 5.94. The van der Waals surface area contributed by atoms with E-state index in [4.69, 9.17) is 4.74 Å². The first-order valence-electron chi connectivity index (χ1n) is 10.3. The third-order valence-electron chi connectivity index (χ3n) is 6.07. The van der Waals surface area contributed by atoms with E-state index in [1.807, 2.05) is 29.2 Å². The molecule has 1 aromatic rings. The summed E-state index contributed by atoms with van der Waals surface area (Å²) < 4.78 is 6.07. The van der Waals surface area contributed by atoms with Gasteiger partial charge in [0.05, 0.1) is 6.10 Å². The molecule has 0 radical (unpaired) electrons. The Morgan fingerprint density at radius 1 is 0.962 bits per heavy atom. The lowest BCUT2D eigenvalue weighted by molar-refractivity contribution is 0.0773. The van der Waals surface area contributed by atoms with Gasteiger partial charge in [0.25, 0.3) is 5.91 Å². The Morgan fingerprint density at radius 3 is 2.42 bits per heavy atom. The molecule has 0 bridgehead atoms. The molecule has 1 aliphatic carbocycles. The molecule has 5 heteroatoms.